The van der Waals surface area contributed by atoms with Gasteiger partial charge in [0.1, 0.15) is 6.26 Å². The second-order valence-electron chi connectivity index (χ2n) is 4.94. The van der Waals surface area contributed by atoms with Crippen LogP contribution in [0.25, 0.3) is 0 Å². The topological polar surface area (TPSA) is 88.2 Å². The van der Waals surface area contributed by atoms with Crippen molar-refractivity contribution < 1.29 is 9.21 Å². The van der Waals surface area contributed by atoms with Crippen molar-refractivity contribution in [3.05, 3.63) is 35.5 Å². The van der Waals surface area contributed by atoms with Gasteiger partial charge in [-0.05, 0) is 18.9 Å². The third-order valence-electron chi connectivity index (χ3n) is 3.67. The first-order valence-electron chi connectivity index (χ1n) is 6.27. The quantitative estimate of drug-likeness (QED) is 0.857. The molecule has 1 saturated heterocycles. The Morgan fingerprint density at radius 2 is 2.42 bits per heavy atom. The van der Waals surface area contributed by atoms with Crippen LogP contribution in [0.4, 0.5) is 5.69 Å². The Morgan fingerprint density at radius 1 is 1.58 bits per heavy atom. The molecule has 1 amide bonds. The fourth-order valence-electron chi connectivity index (χ4n) is 2.56. The maximum Gasteiger partial charge on any atom is 0.257 e. The van der Waals surface area contributed by atoms with Crippen LogP contribution in [-0.2, 0) is 0 Å². The summed E-state index contributed by atoms with van der Waals surface area (Å²) in [7, 11) is 0. The first-order chi connectivity index (χ1) is 9.16. The van der Waals surface area contributed by atoms with Gasteiger partial charge in [-0.3, -0.25) is 9.89 Å². The first-order valence-corrected chi connectivity index (χ1v) is 6.27. The van der Waals surface area contributed by atoms with Crippen LogP contribution in [0, 0.1) is 6.92 Å². The lowest BCUT2D eigenvalue weighted by molar-refractivity contribution is 0.0789. The monoisotopic (exact) mass is 260 g/mol. The van der Waals surface area contributed by atoms with Crippen LogP contribution in [0.15, 0.2) is 23.1 Å². The summed E-state index contributed by atoms with van der Waals surface area (Å²) in [6.45, 7) is 3.26. The molecule has 1 aliphatic rings. The molecule has 0 aromatic carbocycles. The van der Waals surface area contributed by atoms with E-state index in [4.69, 9.17) is 10.2 Å². The van der Waals surface area contributed by atoms with Gasteiger partial charge in [0.05, 0.1) is 29.4 Å². The summed E-state index contributed by atoms with van der Waals surface area (Å²) in [5.41, 5.74) is 8.95. The smallest absolute Gasteiger partial charge is 0.257 e. The molecule has 2 aromatic rings. The fraction of sp³-hybridized carbons (Fsp3) is 0.385. The SMILES string of the molecule is Cc1cocc1C(=O)N1CCC(c2[nH]ncc2N)C1. The number of anilines is 1. The fourth-order valence-corrected chi connectivity index (χ4v) is 2.56. The molecule has 0 saturated carbocycles. The zero-order valence-electron chi connectivity index (χ0n) is 10.7. The largest absolute Gasteiger partial charge is 0.471 e. The van der Waals surface area contributed by atoms with Crippen molar-refractivity contribution in [3.63, 3.8) is 0 Å². The van der Waals surface area contributed by atoms with Gasteiger partial charge in [0.15, 0.2) is 0 Å². The average molecular weight is 260 g/mol. The Hall–Kier alpha value is -2.24. The number of aromatic amines is 1. The number of amides is 1. The number of rotatable bonds is 2. The van der Waals surface area contributed by atoms with Crippen LogP contribution >= 0.6 is 0 Å². The lowest BCUT2D eigenvalue weighted by atomic mass is 10.0. The summed E-state index contributed by atoms with van der Waals surface area (Å²) in [6.07, 6.45) is 5.61. The Bertz CT molecular complexity index is 601. The number of furan rings is 1. The van der Waals surface area contributed by atoms with Crippen LogP contribution in [0.2, 0.25) is 0 Å². The average Bonchev–Trinajstić information content (AvgIpc) is 3.08. The van der Waals surface area contributed by atoms with E-state index in [-0.39, 0.29) is 11.8 Å². The van der Waals surface area contributed by atoms with Crippen molar-refractivity contribution in [3.8, 4) is 0 Å². The van der Waals surface area contributed by atoms with E-state index in [2.05, 4.69) is 10.2 Å². The van der Waals surface area contributed by atoms with Gasteiger partial charge >= 0.3 is 0 Å². The van der Waals surface area contributed by atoms with Crippen molar-refractivity contribution in [2.75, 3.05) is 18.8 Å². The highest BCUT2D eigenvalue weighted by Gasteiger charge is 2.30. The molecule has 1 fully saturated rings. The number of carbonyl (C=O) groups is 1. The van der Waals surface area contributed by atoms with E-state index in [0.717, 1.165) is 24.2 Å². The number of aromatic nitrogens is 2. The molecular formula is C13H16N4O2. The minimum absolute atomic E-state index is 0.0202. The maximum absolute atomic E-state index is 12.3. The highest BCUT2D eigenvalue weighted by molar-refractivity contribution is 5.95. The Balaban J connectivity index is 1.75. The van der Waals surface area contributed by atoms with Crippen LogP contribution in [0.5, 0.6) is 0 Å². The maximum atomic E-state index is 12.3. The van der Waals surface area contributed by atoms with Crippen LogP contribution in [-0.4, -0.2) is 34.1 Å². The predicted molar refractivity (Wildman–Crippen MR) is 69.7 cm³/mol. The molecule has 0 radical (unpaired) electrons. The molecule has 6 nitrogen and oxygen atoms in total. The number of hydrogen-bond acceptors (Lipinski definition) is 4. The highest BCUT2D eigenvalue weighted by atomic mass is 16.3. The third-order valence-corrected chi connectivity index (χ3v) is 3.67. The molecule has 2 aromatic heterocycles. The minimum Gasteiger partial charge on any atom is -0.471 e. The molecule has 100 valence electrons. The molecule has 0 spiro atoms. The van der Waals surface area contributed by atoms with Gasteiger partial charge in [0, 0.05) is 19.0 Å². The molecule has 6 heteroatoms. The number of hydrogen-bond donors (Lipinski definition) is 2. The molecular weight excluding hydrogens is 244 g/mol. The highest BCUT2D eigenvalue weighted by Crippen LogP contribution is 2.30. The van der Waals surface area contributed by atoms with Gasteiger partial charge in [-0.2, -0.15) is 5.10 Å². The number of nitrogens with one attached hydrogen (secondary N) is 1. The Morgan fingerprint density at radius 3 is 3.05 bits per heavy atom. The molecule has 1 atom stereocenters. The van der Waals surface area contributed by atoms with Gasteiger partial charge in [0.25, 0.3) is 5.91 Å². The summed E-state index contributed by atoms with van der Waals surface area (Å²) in [6, 6.07) is 0. The predicted octanol–water partition coefficient (Wildman–Crippen LogP) is 1.52. The van der Waals surface area contributed by atoms with Gasteiger partial charge < -0.3 is 15.1 Å². The zero-order valence-corrected chi connectivity index (χ0v) is 10.7. The van der Waals surface area contributed by atoms with Crippen LogP contribution in [0.1, 0.15) is 34.0 Å². The van der Waals surface area contributed by atoms with Gasteiger partial charge in [0.2, 0.25) is 0 Å². The second kappa shape index (κ2) is 4.46. The molecule has 1 aliphatic heterocycles. The number of H-pyrrole nitrogens is 1. The number of likely N-dealkylation sites (tertiary alicyclic amines) is 1. The van der Waals surface area contributed by atoms with Crippen molar-refractivity contribution in [2.45, 2.75) is 19.3 Å². The zero-order chi connectivity index (χ0) is 13.4. The van der Waals surface area contributed by atoms with Crippen molar-refractivity contribution in [2.24, 2.45) is 0 Å². The molecule has 0 aliphatic carbocycles. The lowest BCUT2D eigenvalue weighted by Crippen LogP contribution is -2.28. The lowest BCUT2D eigenvalue weighted by Gasteiger charge is -2.15. The number of nitrogens with two attached hydrogens (primary N) is 1. The normalized spacial score (nSPS) is 19.0. The van der Waals surface area contributed by atoms with Crippen molar-refractivity contribution in [1.82, 2.24) is 15.1 Å². The summed E-state index contributed by atoms with van der Waals surface area (Å²) < 4.78 is 5.06. The molecule has 0 bridgehead atoms. The van der Waals surface area contributed by atoms with Gasteiger partial charge in [-0.15, -0.1) is 0 Å². The number of nitrogen functional groups attached to an aromatic ring is 1. The van der Waals surface area contributed by atoms with Gasteiger partial charge in [-0.25, -0.2) is 0 Å². The first kappa shape index (κ1) is 11.8. The third kappa shape index (κ3) is 1.99. The van der Waals surface area contributed by atoms with E-state index in [1.807, 2.05) is 11.8 Å². The summed E-state index contributed by atoms with van der Waals surface area (Å²) in [4.78, 5) is 14.2. The van der Waals surface area contributed by atoms with E-state index in [1.165, 1.54) is 6.26 Å². The minimum atomic E-state index is 0.0202. The molecule has 1 unspecified atom stereocenters. The second-order valence-corrected chi connectivity index (χ2v) is 4.94. The van der Waals surface area contributed by atoms with E-state index in [0.29, 0.717) is 17.8 Å². The van der Waals surface area contributed by atoms with E-state index in [9.17, 15) is 4.79 Å². The van der Waals surface area contributed by atoms with E-state index >= 15 is 0 Å². The Kier molecular flexibility index (Phi) is 2.77. The summed E-state index contributed by atoms with van der Waals surface area (Å²) >= 11 is 0. The summed E-state index contributed by atoms with van der Waals surface area (Å²) in [5.74, 6) is 0.255. The number of carbonyl (C=O) groups excluding carboxylic acids is 1. The van der Waals surface area contributed by atoms with E-state index in [1.54, 1.807) is 12.5 Å². The number of nitrogens with zero attached hydrogens (tertiary/aromatic N) is 2. The van der Waals surface area contributed by atoms with E-state index < -0.39 is 0 Å². The molecule has 3 heterocycles. The number of aryl methyl sites for hydroxylation is 1. The summed E-state index contributed by atoms with van der Waals surface area (Å²) in [5, 5.41) is 6.85. The van der Waals surface area contributed by atoms with Crippen molar-refractivity contribution >= 4 is 11.6 Å². The molecule has 19 heavy (non-hydrogen) atoms. The van der Waals surface area contributed by atoms with Gasteiger partial charge in [-0.1, -0.05) is 0 Å². The van der Waals surface area contributed by atoms with Crippen LogP contribution in [0.3, 0.4) is 0 Å². The van der Waals surface area contributed by atoms with Crippen LogP contribution < -0.4 is 5.73 Å². The molecule has 3 rings (SSSR count). The molecule has 3 N–H and O–H groups in total. The van der Waals surface area contributed by atoms with Crippen molar-refractivity contribution in [1.29, 1.82) is 0 Å². The Labute approximate surface area is 110 Å². The standard InChI is InChI=1S/C13H16N4O2/c1-8-6-19-7-10(8)13(18)17-3-2-9(5-17)12-11(14)4-15-16-12/h4,6-7,9H,2-3,5,14H2,1H3,(H,15,16).